The van der Waals surface area contributed by atoms with Crippen LogP contribution < -0.4 is 16.6 Å². The van der Waals surface area contributed by atoms with Crippen molar-refractivity contribution in [1.29, 1.82) is 0 Å². The second kappa shape index (κ2) is 8.66. The first-order valence-electron chi connectivity index (χ1n) is 9.03. The standard InChI is InChI=1S/C21H14Cl2FN3O3S/c22-13-7-14(23)9-16(8-13)25-18(28)11-26-17-5-6-31-19(17)20(29)27(21(26)30)10-12-1-3-15(24)4-2-12/h1-9H,10-11H2,(H,25,28). The third-order valence-corrected chi connectivity index (χ3v) is 5.87. The third kappa shape index (κ3) is 4.56. The van der Waals surface area contributed by atoms with E-state index in [9.17, 15) is 18.8 Å². The molecule has 0 aliphatic carbocycles. The second-order valence-corrected chi connectivity index (χ2v) is 8.52. The number of fused-ring (bicyclic) bond motifs is 1. The van der Waals surface area contributed by atoms with Gasteiger partial charge in [0, 0.05) is 15.7 Å². The topological polar surface area (TPSA) is 73.1 Å². The average molecular weight is 478 g/mol. The molecule has 1 N–H and O–H groups in total. The number of rotatable bonds is 5. The lowest BCUT2D eigenvalue weighted by atomic mass is 10.2. The van der Waals surface area contributed by atoms with E-state index in [2.05, 4.69) is 5.32 Å². The molecule has 4 aromatic rings. The SMILES string of the molecule is O=C(Cn1c(=O)n(Cc2ccc(F)cc2)c(=O)c2sccc21)Nc1cc(Cl)cc(Cl)c1. The molecule has 0 bridgehead atoms. The van der Waals surface area contributed by atoms with Crippen LogP contribution in [-0.4, -0.2) is 15.0 Å². The maximum absolute atomic E-state index is 13.2. The number of carbonyl (C=O) groups is 1. The summed E-state index contributed by atoms with van der Waals surface area (Å²) in [5, 5.41) is 5.04. The van der Waals surface area contributed by atoms with Crippen molar-refractivity contribution in [2.45, 2.75) is 13.1 Å². The van der Waals surface area contributed by atoms with Crippen molar-refractivity contribution >= 4 is 56.3 Å². The molecule has 31 heavy (non-hydrogen) atoms. The fourth-order valence-electron chi connectivity index (χ4n) is 3.17. The number of nitrogens with one attached hydrogen (secondary N) is 1. The van der Waals surface area contributed by atoms with Gasteiger partial charge in [0.05, 0.1) is 12.1 Å². The van der Waals surface area contributed by atoms with Crippen molar-refractivity contribution in [2.75, 3.05) is 5.32 Å². The summed E-state index contributed by atoms with van der Waals surface area (Å²) in [5.41, 5.74) is 0.240. The largest absolute Gasteiger partial charge is 0.332 e. The predicted octanol–water partition coefficient (Wildman–Crippen LogP) is 4.36. The van der Waals surface area contributed by atoms with Crippen LogP contribution in [0.4, 0.5) is 10.1 Å². The Balaban J connectivity index is 1.70. The van der Waals surface area contributed by atoms with Gasteiger partial charge in [-0.05, 0) is 47.3 Å². The Bertz CT molecular complexity index is 1390. The van der Waals surface area contributed by atoms with E-state index < -0.39 is 23.0 Å². The van der Waals surface area contributed by atoms with Gasteiger partial charge in [-0.25, -0.2) is 9.18 Å². The van der Waals surface area contributed by atoms with Crippen LogP contribution in [0.15, 0.2) is 63.5 Å². The summed E-state index contributed by atoms with van der Waals surface area (Å²) in [6.07, 6.45) is 0. The summed E-state index contributed by atoms with van der Waals surface area (Å²) in [4.78, 5) is 38.6. The van der Waals surface area contributed by atoms with Crippen LogP contribution in [0, 0.1) is 5.82 Å². The van der Waals surface area contributed by atoms with Crippen LogP contribution in [0.25, 0.3) is 10.2 Å². The number of hydrogen-bond acceptors (Lipinski definition) is 4. The maximum atomic E-state index is 13.2. The lowest BCUT2D eigenvalue weighted by molar-refractivity contribution is -0.116. The maximum Gasteiger partial charge on any atom is 0.332 e. The minimum Gasteiger partial charge on any atom is -0.324 e. The van der Waals surface area contributed by atoms with Crippen LogP contribution in [0.3, 0.4) is 0 Å². The minimum atomic E-state index is -0.639. The van der Waals surface area contributed by atoms with E-state index in [1.165, 1.54) is 58.4 Å². The van der Waals surface area contributed by atoms with Crippen molar-refractivity contribution < 1.29 is 9.18 Å². The van der Waals surface area contributed by atoms with E-state index in [0.717, 1.165) is 4.57 Å². The number of carbonyl (C=O) groups excluding carboxylic acids is 1. The lowest BCUT2D eigenvalue weighted by Crippen LogP contribution is -2.41. The molecule has 0 unspecified atom stereocenters. The highest BCUT2D eigenvalue weighted by Gasteiger charge is 2.17. The molecule has 6 nitrogen and oxygen atoms in total. The number of amides is 1. The molecule has 0 fully saturated rings. The minimum absolute atomic E-state index is 0.0443. The van der Waals surface area contributed by atoms with Gasteiger partial charge < -0.3 is 5.32 Å². The first kappa shape index (κ1) is 21.3. The zero-order chi connectivity index (χ0) is 22.1. The first-order valence-corrected chi connectivity index (χ1v) is 10.7. The molecular formula is C21H14Cl2FN3O3S. The number of halogens is 3. The van der Waals surface area contributed by atoms with Gasteiger partial charge in [-0.1, -0.05) is 35.3 Å². The van der Waals surface area contributed by atoms with E-state index in [1.807, 2.05) is 0 Å². The van der Waals surface area contributed by atoms with Gasteiger partial charge in [0.25, 0.3) is 5.56 Å². The predicted molar refractivity (Wildman–Crippen MR) is 121 cm³/mol. The van der Waals surface area contributed by atoms with Crippen LogP contribution in [0.1, 0.15) is 5.56 Å². The third-order valence-electron chi connectivity index (χ3n) is 4.54. The highest BCUT2D eigenvalue weighted by molar-refractivity contribution is 7.17. The van der Waals surface area contributed by atoms with Gasteiger partial charge in [0.15, 0.2) is 0 Å². The monoisotopic (exact) mass is 477 g/mol. The van der Waals surface area contributed by atoms with Crippen LogP contribution in [0.5, 0.6) is 0 Å². The summed E-state index contributed by atoms with van der Waals surface area (Å²) in [6.45, 7) is -0.364. The summed E-state index contributed by atoms with van der Waals surface area (Å²) >= 11 is 13.1. The molecule has 0 aliphatic heterocycles. The number of anilines is 1. The fourth-order valence-corrected chi connectivity index (χ4v) is 4.54. The molecule has 1 amide bonds. The molecule has 0 radical (unpaired) electrons. The van der Waals surface area contributed by atoms with Gasteiger partial charge in [0.2, 0.25) is 5.91 Å². The Morgan fingerprint density at radius 1 is 1.00 bits per heavy atom. The van der Waals surface area contributed by atoms with E-state index in [0.29, 0.717) is 31.5 Å². The van der Waals surface area contributed by atoms with Gasteiger partial charge >= 0.3 is 5.69 Å². The van der Waals surface area contributed by atoms with Crippen molar-refractivity contribution in [3.63, 3.8) is 0 Å². The Labute approximate surface area is 189 Å². The van der Waals surface area contributed by atoms with E-state index in [4.69, 9.17) is 23.2 Å². The number of thiophene rings is 1. The molecule has 10 heteroatoms. The van der Waals surface area contributed by atoms with Crippen molar-refractivity contribution in [3.05, 3.63) is 96.2 Å². The summed E-state index contributed by atoms with van der Waals surface area (Å²) < 4.78 is 15.8. The Morgan fingerprint density at radius 3 is 2.35 bits per heavy atom. The van der Waals surface area contributed by atoms with E-state index in [1.54, 1.807) is 11.4 Å². The number of hydrogen-bond donors (Lipinski definition) is 1. The number of aromatic nitrogens is 2. The molecule has 0 atom stereocenters. The van der Waals surface area contributed by atoms with Crippen molar-refractivity contribution in [3.8, 4) is 0 Å². The second-order valence-electron chi connectivity index (χ2n) is 6.73. The molecule has 0 aliphatic rings. The number of nitrogens with zero attached hydrogens (tertiary/aromatic N) is 2. The lowest BCUT2D eigenvalue weighted by Gasteiger charge is -2.13. The summed E-state index contributed by atoms with van der Waals surface area (Å²) in [6, 6.07) is 11.7. The molecule has 2 aromatic heterocycles. The quantitative estimate of drug-likeness (QED) is 0.464. The van der Waals surface area contributed by atoms with Gasteiger partial charge in [0.1, 0.15) is 17.1 Å². The Hall–Kier alpha value is -2.94. The zero-order valence-corrected chi connectivity index (χ0v) is 18.1. The molecule has 2 heterocycles. The van der Waals surface area contributed by atoms with E-state index >= 15 is 0 Å². The Kier molecular flexibility index (Phi) is 5.95. The normalized spacial score (nSPS) is 11.1. The summed E-state index contributed by atoms with van der Waals surface area (Å²) in [7, 11) is 0. The molecule has 2 aromatic carbocycles. The Morgan fingerprint density at radius 2 is 1.68 bits per heavy atom. The van der Waals surface area contributed by atoms with Gasteiger partial charge in [-0.15, -0.1) is 11.3 Å². The molecule has 0 saturated heterocycles. The van der Waals surface area contributed by atoms with E-state index in [-0.39, 0.29) is 13.1 Å². The molecule has 0 saturated carbocycles. The first-order chi connectivity index (χ1) is 14.8. The van der Waals surface area contributed by atoms with Crippen LogP contribution in [-0.2, 0) is 17.9 Å². The molecule has 158 valence electrons. The van der Waals surface area contributed by atoms with Gasteiger partial charge in [-0.2, -0.15) is 0 Å². The van der Waals surface area contributed by atoms with Crippen molar-refractivity contribution in [2.24, 2.45) is 0 Å². The highest BCUT2D eigenvalue weighted by atomic mass is 35.5. The highest BCUT2D eigenvalue weighted by Crippen LogP contribution is 2.22. The number of benzene rings is 2. The fraction of sp³-hybridized carbons (Fsp3) is 0.0952. The molecule has 4 rings (SSSR count). The smallest absolute Gasteiger partial charge is 0.324 e. The van der Waals surface area contributed by atoms with Gasteiger partial charge in [-0.3, -0.25) is 18.7 Å². The van der Waals surface area contributed by atoms with Crippen LogP contribution >= 0.6 is 34.5 Å². The molecular weight excluding hydrogens is 464 g/mol. The molecule has 0 spiro atoms. The zero-order valence-electron chi connectivity index (χ0n) is 15.8. The van der Waals surface area contributed by atoms with Crippen molar-refractivity contribution in [1.82, 2.24) is 9.13 Å². The van der Waals surface area contributed by atoms with Crippen LogP contribution in [0.2, 0.25) is 10.0 Å². The summed E-state index contributed by atoms with van der Waals surface area (Å²) in [5.74, 6) is -0.903. The average Bonchev–Trinajstić information content (AvgIpc) is 3.19.